The molecule has 4 nitrogen and oxygen atoms in total. The van der Waals surface area contributed by atoms with E-state index in [1.165, 1.54) is 0 Å². The van der Waals surface area contributed by atoms with Crippen LogP contribution in [0, 0.1) is 5.41 Å². The summed E-state index contributed by atoms with van der Waals surface area (Å²) in [5.74, 6) is 0.0273. The van der Waals surface area contributed by atoms with Gasteiger partial charge in [0.15, 0.2) is 0 Å². The highest BCUT2D eigenvalue weighted by atomic mass is 35.5. The lowest BCUT2D eigenvalue weighted by molar-refractivity contribution is 0.310. The Bertz CT molecular complexity index is 698. The number of hydroxylamine groups is 1. The minimum Gasteiger partial charge on any atom is -0.285 e. The first-order valence-corrected chi connectivity index (χ1v) is 6.51. The summed E-state index contributed by atoms with van der Waals surface area (Å²) in [6.45, 7) is 0.118. The van der Waals surface area contributed by atoms with Gasteiger partial charge in [-0.05, 0) is 18.2 Å². The highest BCUT2D eigenvalue weighted by Gasteiger charge is 2.22. The summed E-state index contributed by atoms with van der Waals surface area (Å²) in [5.41, 5.74) is 2.89. The number of halogens is 1. The van der Waals surface area contributed by atoms with Crippen molar-refractivity contribution in [1.29, 1.82) is 5.41 Å². The van der Waals surface area contributed by atoms with Gasteiger partial charge in [0.2, 0.25) is 0 Å². The number of benzene rings is 2. The molecule has 5 heteroatoms. The molecule has 20 heavy (non-hydrogen) atoms. The number of hydrogen-bond acceptors (Lipinski definition) is 3. The first-order chi connectivity index (χ1) is 9.66. The predicted octanol–water partition coefficient (Wildman–Crippen LogP) is 3.36. The first kappa shape index (κ1) is 12.8. The van der Waals surface area contributed by atoms with Gasteiger partial charge in [0.1, 0.15) is 5.84 Å². The van der Waals surface area contributed by atoms with Crippen molar-refractivity contribution >= 4 is 28.8 Å². The SMILES string of the molecule is N=C1CN=C(c2ccccc2)c2cc(Cl)ccc2N1O. The van der Waals surface area contributed by atoms with E-state index in [2.05, 4.69) is 4.99 Å². The van der Waals surface area contributed by atoms with E-state index in [0.717, 1.165) is 16.3 Å². The fraction of sp³-hybridized carbons (Fsp3) is 0.0667. The van der Waals surface area contributed by atoms with E-state index >= 15 is 0 Å². The maximum absolute atomic E-state index is 10.1. The van der Waals surface area contributed by atoms with E-state index in [0.29, 0.717) is 16.3 Å². The molecular formula is C15H12ClN3O. The molecule has 1 aliphatic heterocycles. The second-order valence-corrected chi connectivity index (χ2v) is 4.89. The van der Waals surface area contributed by atoms with Gasteiger partial charge < -0.3 is 0 Å². The molecule has 0 fully saturated rings. The molecule has 0 bridgehead atoms. The molecule has 0 saturated heterocycles. The average Bonchev–Trinajstić information content (AvgIpc) is 2.58. The lowest BCUT2D eigenvalue weighted by atomic mass is 10.0. The summed E-state index contributed by atoms with van der Waals surface area (Å²) >= 11 is 6.06. The molecule has 0 saturated carbocycles. The Kier molecular flexibility index (Phi) is 3.26. The van der Waals surface area contributed by atoms with E-state index in [4.69, 9.17) is 17.0 Å². The van der Waals surface area contributed by atoms with Crippen LogP contribution in [0.25, 0.3) is 0 Å². The number of hydrogen-bond donors (Lipinski definition) is 2. The van der Waals surface area contributed by atoms with Crippen molar-refractivity contribution in [2.24, 2.45) is 4.99 Å². The van der Waals surface area contributed by atoms with Crippen molar-refractivity contribution in [3.63, 3.8) is 0 Å². The Morgan fingerprint density at radius 1 is 1.15 bits per heavy atom. The van der Waals surface area contributed by atoms with Crippen LogP contribution < -0.4 is 5.06 Å². The van der Waals surface area contributed by atoms with Crippen LogP contribution in [0.15, 0.2) is 53.5 Å². The molecule has 0 amide bonds. The highest BCUT2D eigenvalue weighted by Crippen LogP contribution is 2.28. The average molecular weight is 286 g/mol. The molecule has 2 N–H and O–H groups in total. The molecule has 0 aliphatic carbocycles. The Balaban J connectivity index is 2.23. The molecule has 2 aromatic rings. The summed E-state index contributed by atoms with van der Waals surface area (Å²) in [7, 11) is 0. The number of aliphatic imine (C=N–C) groups is 1. The fourth-order valence-corrected chi connectivity index (χ4v) is 2.35. The summed E-state index contributed by atoms with van der Waals surface area (Å²) in [5, 5.41) is 19.3. The largest absolute Gasteiger partial charge is 0.285 e. The van der Waals surface area contributed by atoms with Crippen molar-refractivity contribution < 1.29 is 5.21 Å². The molecule has 1 aliphatic rings. The number of nitrogens with zero attached hydrogens (tertiary/aromatic N) is 2. The summed E-state index contributed by atoms with van der Waals surface area (Å²) in [4.78, 5) is 4.44. The topological polar surface area (TPSA) is 59.7 Å². The third-order valence-electron chi connectivity index (χ3n) is 3.13. The van der Waals surface area contributed by atoms with Crippen LogP contribution in [-0.4, -0.2) is 23.3 Å². The Labute approximate surface area is 121 Å². The first-order valence-electron chi connectivity index (χ1n) is 6.13. The van der Waals surface area contributed by atoms with Crippen molar-refractivity contribution in [3.8, 4) is 0 Å². The van der Waals surface area contributed by atoms with Gasteiger partial charge in [-0.15, -0.1) is 0 Å². The minimum absolute atomic E-state index is 0.0273. The molecule has 0 aromatic heterocycles. The van der Waals surface area contributed by atoms with Gasteiger partial charge in [-0.2, -0.15) is 0 Å². The molecule has 0 radical (unpaired) electrons. The standard InChI is InChI=1S/C15H12ClN3O/c16-11-6-7-13-12(8-11)15(10-4-2-1-3-5-10)18-9-14(17)19(13)20/h1-8,17,20H,9H2. The van der Waals surface area contributed by atoms with Crippen LogP contribution in [0.5, 0.6) is 0 Å². The number of rotatable bonds is 1. The summed E-state index contributed by atoms with van der Waals surface area (Å²) in [6.07, 6.45) is 0. The summed E-state index contributed by atoms with van der Waals surface area (Å²) < 4.78 is 0. The predicted molar refractivity (Wildman–Crippen MR) is 80.4 cm³/mol. The van der Waals surface area contributed by atoms with Gasteiger partial charge >= 0.3 is 0 Å². The number of benzodiazepines with no additional fused rings is 1. The smallest absolute Gasteiger partial charge is 0.148 e. The zero-order valence-corrected chi connectivity index (χ0v) is 11.3. The second-order valence-electron chi connectivity index (χ2n) is 4.45. The lowest BCUT2D eigenvalue weighted by Gasteiger charge is -2.17. The molecule has 0 atom stereocenters. The molecule has 2 aromatic carbocycles. The molecule has 3 rings (SSSR count). The Morgan fingerprint density at radius 2 is 1.90 bits per heavy atom. The van der Waals surface area contributed by atoms with Gasteiger partial charge in [0.25, 0.3) is 0 Å². The van der Waals surface area contributed by atoms with Gasteiger partial charge in [-0.1, -0.05) is 41.9 Å². The van der Waals surface area contributed by atoms with E-state index in [1.54, 1.807) is 18.2 Å². The third-order valence-corrected chi connectivity index (χ3v) is 3.37. The number of anilines is 1. The van der Waals surface area contributed by atoms with Crippen LogP contribution in [0.1, 0.15) is 11.1 Å². The van der Waals surface area contributed by atoms with E-state index in [-0.39, 0.29) is 12.4 Å². The third kappa shape index (κ3) is 2.19. The Morgan fingerprint density at radius 3 is 2.65 bits per heavy atom. The monoisotopic (exact) mass is 285 g/mol. The number of fused-ring (bicyclic) bond motifs is 1. The quantitative estimate of drug-likeness (QED) is 0.844. The van der Waals surface area contributed by atoms with Gasteiger partial charge in [0, 0.05) is 16.1 Å². The molecule has 100 valence electrons. The molecule has 0 unspecified atom stereocenters. The maximum Gasteiger partial charge on any atom is 0.148 e. The zero-order chi connectivity index (χ0) is 14.1. The van der Waals surface area contributed by atoms with Crippen molar-refractivity contribution in [2.75, 3.05) is 11.6 Å². The van der Waals surface area contributed by atoms with Crippen LogP contribution >= 0.6 is 11.6 Å². The summed E-state index contributed by atoms with van der Waals surface area (Å²) in [6, 6.07) is 14.8. The highest BCUT2D eigenvalue weighted by molar-refractivity contribution is 6.32. The van der Waals surface area contributed by atoms with Crippen molar-refractivity contribution in [2.45, 2.75) is 0 Å². The van der Waals surface area contributed by atoms with Crippen LogP contribution in [-0.2, 0) is 0 Å². The van der Waals surface area contributed by atoms with E-state index in [9.17, 15) is 5.21 Å². The van der Waals surface area contributed by atoms with Crippen LogP contribution in [0.4, 0.5) is 5.69 Å². The van der Waals surface area contributed by atoms with Gasteiger partial charge in [-0.25, -0.2) is 5.06 Å². The van der Waals surface area contributed by atoms with Crippen molar-refractivity contribution in [1.82, 2.24) is 0 Å². The molecule has 1 heterocycles. The lowest BCUT2D eigenvalue weighted by Crippen LogP contribution is -2.27. The van der Waals surface area contributed by atoms with E-state index < -0.39 is 0 Å². The zero-order valence-electron chi connectivity index (χ0n) is 10.5. The normalized spacial score (nSPS) is 14.6. The Hall–Kier alpha value is -2.17. The number of amidine groups is 1. The van der Waals surface area contributed by atoms with Crippen LogP contribution in [0.2, 0.25) is 5.02 Å². The van der Waals surface area contributed by atoms with Gasteiger partial charge in [0.05, 0.1) is 17.9 Å². The van der Waals surface area contributed by atoms with E-state index in [1.807, 2.05) is 30.3 Å². The molecular weight excluding hydrogens is 274 g/mol. The maximum atomic E-state index is 10.1. The van der Waals surface area contributed by atoms with Crippen LogP contribution in [0.3, 0.4) is 0 Å². The fourth-order valence-electron chi connectivity index (χ4n) is 2.18. The van der Waals surface area contributed by atoms with Gasteiger partial charge in [-0.3, -0.25) is 15.6 Å². The number of nitrogens with one attached hydrogen (secondary N) is 1. The second kappa shape index (κ2) is 5.07. The minimum atomic E-state index is 0.0273. The molecule has 0 spiro atoms. The van der Waals surface area contributed by atoms with Crippen molar-refractivity contribution in [3.05, 3.63) is 64.7 Å².